The van der Waals surface area contributed by atoms with Crippen molar-refractivity contribution in [1.82, 2.24) is 9.88 Å². The van der Waals surface area contributed by atoms with E-state index in [0.29, 0.717) is 11.1 Å². The maximum Gasteiger partial charge on any atom is 0.573 e. The number of hydrogen-bond donors (Lipinski definition) is 1. The quantitative estimate of drug-likeness (QED) is 0.620. The molecule has 0 atom stereocenters. The smallest absolute Gasteiger partial charge is 0.408 e. The van der Waals surface area contributed by atoms with Crippen LogP contribution >= 0.6 is 0 Å². The van der Waals surface area contributed by atoms with Gasteiger partial charge in [-0.05, 0) is 35.4 Å². The summed E-state index contributed by atoms with van der Waals surface area (Å²) in [6.45, 7) is -2.25. The highest BCUT2D eigenvalue weighted by atomic mass is 19.4. The number of amides is 1. The maximum absolute atomic E-state index is 12.3. The summed E-state index contributed by atoms with van der Waals surface area (Å²) in [5.74, 6) is -2.41. The van der Waals surface area contributed by atoms with Crippen molar-refractivity contribution in [2.24, 2.45) is 0 Å². The number of alkyl halides is 6. The summed E-state index contributed by atoms with van der Waals surface area (Å²) >= 11 is 0. The molecule has 1 N–H and O–H groups in total. The lowest BCUT2D eigenvalue weighted by Crippen LogP contribution is -2.37. The number of rotatable bonds is 5. The minimum absolute atomic E-state index is 0.0874. The summed E-state index contributed by atoms with van der Waals surface area (Å²) in [5.41, 5.74) is 1.15. The van der Waals surface area contributed by atoms with E-state index in [0.717, 1.165) is 16.7 Å². The number of aromatic nitrogens is 1. The fraction of sp³-hybridized carbons (Fsp3) is 0.222. The molecular formula is C18H12F6N2O4. The lowest BCUT2D eigenvalue weighted by molar-refractivity contribution is -0.274. The number of carbonyl (C=O) groups excluding carboxylic acids is 1. The molecule has 6 nitrogen and oxygen atoms in total. The van der Waals surface area contributed by atoms with Gasteiger partial charge in [0.25, 0.3) is 0 Å². The molecule has 12 heteroatoms. The van der Waals surface area contributed by atoms with Crippen LogP contribution in [0.15, 0.2) is 51.7 Å². The highest BCUT2D eigenvalue weighted by Crippen LogP contribution is 2.28. The third-order valence-corrected chi connectivity index (χ3v) is 3.88. The first-order chi connectivity index (χ1) is 13.9. The molecule has 0 spiro atoms. The van der Waals surface area contributed by atoms with Crippen molar-refractivity contribution in [3.05, 3.63) is 53.0 Å². The molecule has 0 fully saturated rings. The highest BCUT2D eigenvalue weighted by Gasteiger charge is 2.31. The van der Waals surface area contributed by atoms with E-state index in [2.05, 4.69) is 4.74 Å². The molecule has 1 aromatic heterocycles. The van der Waals surface area contributed by atoms with Gasteiger partial charge in [0.2, 0.25) is 5.91 Å². The molecule has 2 aromatic carbocycles. The van der Waals surface area contributed by atoms with Crippen LogP contribution in [0, 0.1) is 0 Å². The van der Waals surface area contributed by atoms with Crippen molar-refractivity contribution in [3.8, 4) is 16.9 Å². The number of halogens is 6. The number of fused-ring (bicyclic) bond motifs is 1. The van der Waals surface area contributed by atoms with Gasteiger partial charge in [0.1, 0.15) is 18.8 Å². The molecule has 1 amide bonds. The highest BCUT2D eigenvalue weighted by molar-refractivity contribution is 5.83. The monoisotopic (exact) mass is 434 g/mol. The molecule has 30 heavy (non-hydrogen) atoms. The summed E-state index contributed by atoms with van der Waals surface area (Å²) in [4.78, 5) is 23.7. The van der Waals surface area contributed by atoms with Gasteiger partial charge in [0, 0.05) is 0 Å². The Kier molecular flexibility index (Phi) is 5.51. The zero-order valence-electron chi connectivity index (χ0n) is 14.8. The molecule has 0 aliphatic rings. The Hall–Kier alpha value is -3.44. The van der Waals surface area contributed by atoms with Crippen LogP contribution in [-0.4, -0.2) is 29.6 Å². The molecular weight excluding hydrogens is 422 g/mol. The van der Waals surface area contributed by atoms with Crippen molar-refractivity contribution in [2.45, 2.75) is 19.1 Å². The zero-order chi connectivity index (χ0) is 22.1. The first-order valence-corrected chi connectivity index (χ1v) is 8.24. The number of nitrogens with zero attached hydrogens (tertiary/aromatic N) is 1. The number of hydrogen-bond acceptors (Lipinski definition) is 4. The SMILES string of the molecule is O=C(Cn1c(=O)oc2ccc(-c3ccc(OC(F)(F)F)cc3)cc21)NCC(F)(F)F. The van der Waals surface area contributed by atoms with Crippen LogP contribution in [0.3, 0.4) is 0 Å². The van der Waals surface area contributed by atoms with Crippen molar-refractivity contribution in [2.75, 3.05) is 6.54 Å². The fourth-order valence-corrected chi connectivity index (χ4v) is 2.64. The van der Waals surface area contributed by atoms with Gasteiger partial charge in [0.15, 0.2) is 5.58 Å². The van der Waals surface area contributed by atoms with Gasteiger partial charge in [-0.3, -0.25) is 9.36 Å². The molecule has 0 bridgehead atoms. The van der Waals surface area contributed by atoms with E-state index in [4.69, 9.17) is 4.42 Å². The van der Waals surface area contributed by atoms with Crippen LogP contribution < -0.4 is 15.8 Å². The summed E-state index contributed by atoms with van der Waals surface area (Å²) in [7, 11) is 0. The number of oxazole rings is 1. The fourth-order valence-electron chi connectivity index (χ4n) is 2.64. The van der Waals surface area contributed by atoms with Crippen LogP contribution in [0.1, 0.15) is 0 Å². The predicted molar refractivity (Wildman–Crippen MR) is 91.7 cm³/mol. The second-order valence-corrected chi connectivity index (χ2v) is 6.10. The first-order valence-electron chi connectivity index (χ1n) is 8.24. The van der Waals surface area contributed by atoms with Crippen LogP contribution in [0.4, 0.5) is 26.3 Å². The van der Waals surface area contributed by atoms with Gasteiger partial charge < -0.3 is 14.5 Å². The van der Waals surface area contributed by atoms with Crippen LogP contribution in [-0.2, 0) is 11.3 Å². The Morgan fingerprint density at radius 3 is 2.23 bits per heavy atom. The third kappa shape index (κ3) is 5.33. The van der Waals surface area contributed by atoms with Crippen molar-refractivity contribution >= 4 is 17.0 Å². The number of ether oxygens (including phenoxy) is 1. The number of benzene rings is 2. The Bertz CT molecular complexity index is 1110. The average molecular weight is 434 g/mol. The summed E-state index contributed by atoms with van der Waals surface area (Å²) in [6, 6.07) is 9.24. The Morgan fingerprint density at radius 2 is 1.63 bits per heavy atom. The zero-order valence-corrected chi connectivity index (χ0v) is 14.8. The number of nitrogens with one attached hydrogen (secondary N) is 1. The van der Waals surface area contributed by atoms with Crippen LogP contribution in [0.2, 0.25) is 0 Å². The third-order valence-electron chi connectivity index (χ3n) is 3.88. The molecule has 160 valence electrons. The van der Waals surface area contributed by atoms with Gasteiger partial charge >= 0.3 is 18.3 Å². The minimum Gasteiger partial charge on any atom is -0.408 e. The molecule has 0 aliphatic heterocycles. The molecule has 0 aliphatic carbocycles. The number of carbonyl (C=O) groups is 1. The topological polar surface area (TPSA) is 73.5 Å². The van der Waals surface area contributed by atoms with Gasteiger partial charge in [0.05, 0.1) is 5.52 Å². The first kappa shape index (κ1) is 21.3. The van der Waals surface area contributed by atoms with Gasteiger partial charge in [-0.2, -0.15) is 13.2 Å². The molecule has 3 aromatic rings. The lowest BCUT2D eigenvalue weighted by atomic mass is 10.1. The summed E-state index contributed by atoms with van der Waals surface area (Å²) in [6.07, 6.45) is -9.44. The molecule has 1 heterocycles. The summed E-state index contributed by atoms with van der Waals surface area (Å²) < 4.78 is 83.0. The standard InChI is InChI=1S/C18H12F6N2O4/c19-17(20,21)9-25-15(27)8-26-13-7-11(3-6-14(13)29-16(26)28)10-1-4-12(5-2-10)30-18(22,23)24/h1-7H,8-9H2,(H,25,27). The normalized spacial score (nSPS) is 12.2. The van der Waals surface area contributed by atoms with Crippen LogP contribution in [0.25, 0.3) is 22.2 Å². The average Bonchev–Trinajstić information content (AvgIpc) is 2.93. The molecule has 0 saturated heterocycles. The Balaban J connectivity index is 1.86. The van der Waals surface area contributed by atoms with E-state index >= 15 is 0 Å². The van der Waals surface area contributed by atoms with Gasteiger partial charge in [-0.15, -0.1) is 13.2 Å². The molecule has 0 radical (unpaired) electrons. The van der Waals surface area contributed by atoms with Crippen molar-refractivity contribution in [3.63, 3.8) is 0 Å². The van der Waals surface area contributed by atoms with E-state index in [1.807, 2.05) is 0 Å². The van der Waals surface area contributed by atoms with E-state index in [9.17, 15) is 35.9 Å². The minimum atomic E-state index is -4.83. The van der Waals surface area contributed by atoms with E-state index in [-0.39, 0.29) is 11.1 Å². The summed E-state index contributed by atoms with van der Waals surface area (Å²) in [5, 5.41) is 1.65. The Labute approximate surface area is 163 Å². The van der Waals surface area contributed by atoms with Gasteiger partial charge in [-0.1, -0.05) is 18.2 Å². The van der Waals surface area contributed by atoms with E-state index in [1.54, 1.807) is 5.32 Å². The Morgan fingerprint density at radius 1 is 1.00 bits per heavy atom. The molecule has 0 saturated carbocycles. The largest absolute Gasteiger partial charge is 0.573 e. The second-order valence-electron chi connectivity index (χ2n) is 6.10. The van der Waals surface area contributed by atoms with Crippen LogP contribution in [0.5, 0.6) is 5.75 Å². The lowest BCUT2D eigenvalue weighted by Gasteiger charge is -2.10. The predicted octanol–water partition coefficient (Wildman–Crippen LogP) is 3.84. The van der Waals surface area contributed by atoms with E-state index < -0.39 is 43.0 Å². The second kappa shape index (κ2) is 7.76. The van der Waals surface area contributed by atoms with Gasteiger partial charge in [-0.25, -0.2) is 4.79 Å². The molecule has 0 unspecified atom stereocenters. The molecule has 3 rings (SSSR count). The van der Waals surface area contributed by atoms with Crippen molar-refractivity contribution < 1.29 is 40.3 Å². The maximum atomic E-state index is 12.3. The van der Waals surface area contributed by atoms with Crippen molar-refractivity contribution in [1.29, 1.82) is 0 Å². The van der Waals surface area contributed by atoms with E-state index in [1.165, 1.54) is 30.3 Å².